The number of nitro groups is 2. The molecule has 1 aromatic rings. The van der Waals surface area contributed by atoms with Gasteiger partial charge in [0.15, 0.2) is 0 Å². The smallest absolute Gasteiger partial charge is 0.280 e. The summed E-state index contributed by atoms with van der Waals surface area (Å²) in [6, 6.07) is 3.55. The molecule has 1 unspecified atom stereocenters. The zero-order valence-electron chi connectivity index (χ0n) is 10.6. The fraction of sp³-hybridized carbons (Fsp3) is 0.455. The number of likely N-dealkylation sites (N-methyl/N-ethyl adjacent to an activating group) is 1. The van der Waals surface area contributed by atoms with Crippen molar-refractivity contribution < 1.29 is 15.0 Å². The fourth-order valence-corrected chi connectivity index (χ4v) is 1.78. The van der Waals surface area contributed by atoms with Crippen LogP contribution < -0.4 is 0 Å². The molecule has 0 aliphatic rings. The molecule has 0 heterocycles. The Morgan fingerprint density at radius 2 is 1.95 bits per heavy atom. The van der Waals surface area contributed by atoms with Gasteiger partial charge >= 0.3 is 0 Å². The summed E-state index contributed by atoms with van der Waals surface area (Å²) in [5, 5.41) is 30.7. The van der Waals surface area contributed by atoms with Gasteiger partial charge < -0.3 is 5.11 Å². The Hall–Kier alpha value is -2.06. The predicted molar refractivity (Wildman–Crippen MR) is 67.8 cm³/mol. The second kappa shape index (κ2) is 6.21. The Kier molecular flexibility index (Phi) is 4.90. The van der Waals surface area contributed by atoms with E-state index in [1.807, 2.05) is 0 Å². The van der Waals surface area contributed by atoms with E-state index < -0.39 is 16.0 Å². The van der Waals surface area contributed by atoms with E-state index in [9.17, 15) is 25.3 Å². The van der Waals surface area contributed by atoms with E-state index in [0.29, 0.717) is 12.1 Å². The van der Waals surface area contributed by atoms with Crippen molar-refractivity contribution in [3.63, 3.8) is 0 Å². The fourth-order valence-electron chi connectivity index (χ4n) is 1.78. The van der Waals surface area contributed by atoms with Gasteiger partial charge in [0.25, 0.3) is 11.4 Å². The molecule has 1 N–H and O–H groups in total. The normalized spacial score (nSPS) is 12.4. The van der Waals surface area contributed by atoms with E-state index in [4.69, 9.17) is 0 Å². The van der Waals surface area contributed by atoms with Crippen molar-refractivity contribution in [1.29, 1.82) is 0 Å². The van der Waals surface area contributed by atoms with Gasteiger partial charge in [-0.2, -0.15) is 0 Å². The minimum Gasteiger partial charge on any atom is -0.392 e. The first kappa shape index (κ1) is 15.0. The van der Waals surface area contributed by atoms with E-state index in [0.717, 1.165) is 6.07 Å². The molecular formula is C11H15N3O5. The third-order valence-electron chi connectivity index (χ3n) is 2.49. The van der Waals surface area contributed by atoms with Crippen molar-refractivity contribution >= 4 is 11.4 Å². The summed E-state index contributed by atoms with van der Waals surface area (Å²) in [6.07, 6.45) is -0.554. The standard InChI is InChI=1S/C11H15N3O5/c1-8(15)6-12(2)7-9-3-4-10(13(16)17)5-11(9)14(18)19/h3-5,8,15H,6-7H2,1-2H3. The number of nitrogens with zero attached hydrogens (tertiary/aromatic N) is 3. The zero-order chi connectivity index (χ0) is 14.6. The molecule has 0 aliphatic carbocycles. The third-order valence-corrected chi connectivity index (χ3v) is 2.49. The van der Waals surface area contributed by atoms with Crippen molar-refractivity contribution in [2.75, 3.05) is 13.6 Å². The van der Waals surface area contributed by atoms with E-state index in [1.54, 1.807) is 18.9 Å². The molecule has 0 bridgehead atoms. The molecule has 0 fully saturated rings. The van der Waals surface area contributed by atoms with Gasteiger partial charge in [0.2, 0.25) is 0 Å². The molecule has 0 saturated carbocycles. The summed E-state index contributed by atoms with van der Waals surface area (Å²) >= 11 is 0. The lowest BCUT2D eigenvalue weighted by atomic mass is 10.1. The van der Waals surface area contributed by atoms with Gasteiger partial charge in [-0.15, -0.1) is 0 Å². The highest BCUT2D eigenvalue weighted by atomic mass is 16.6. The maximum absolute atomic E-state index is 10.9. The van der Waals surface area contributed by atoms with Gasteiger partial charge in [-0.1, -0.05) is 0 Å². The average Bonchev–Trinajstić information content (AvgIpc) is 2.27. The topological polar surface area (TPSA) is 110 Å². The van der Waals surface area contributed by atoms with Crippen LogP contribution in [0.2, 0.25) is 0 Å². The van der Waals surface area contributed by atoms with Crippen molar-refractivity contribution in [2.45, 2.75) is 19.6 Å². The molecule has 0 saturated heterocycles. The van der Waals surface area contributed by atoms with E-state index in [2.05, 4.69) is 0 Å². The first-order valence-corrected chi connectivity index (χ1v) is 5.59. The molecule has 0 amide bonds. The molecule has 1 rings (SSSR count). The first-order valence-electron chi connectivity index (χ1n) is 5.59. The molecule has 1 aromatic carbocycles. The lowest BCUT2D eigenvalue weighted by Crippen LogP contribution is -2.27. The second-order valence-electron chi connectivity index (χ2n) is 4.37. The molecule has 0 aliphatic heterocycles. The Morgan fingerprint density at radius 1 is 1.32 bits per heavy atom. The third kappa shape index (κ3) is 4.27. The van der Waals surface area contributed by atoms with Crippen molar-refractivity contribution in [2.24, 2.45) is 0 Å². The molecule has 0 spiro atoms. The Labute approximate surface area is 109 Å². The van der Waals surface area contributed by atoms with Crippen LogP contribution in [0.1, 0.15) is 12.5 Å². The molecule has 104 valence electrons. The number of rotatable bonds is 6. The molecule has 19 heavy (non-hydrogen) atoms. The van der Waals surface area contributed by atoms with Crippen LogP contribution in [0.15, 0.2) is 18.2 Å². The minimum absolute atomic E-state index is 0.235. The Morgan fingerprint density at radius 3 is 2.42 bits per heavy atom. The largest absolute Gasteiger partial charge is 0.392 e. The van der Waals surface area contributed by atoms with Crippen LogP contribution in [-0.4, -0.2) is 39.5 Å². The SMILES string of the molecule is CC(O)CN(C)Cc1ccc([N+](=O)[O-])cc1[N+](=O)[O-]. The second-order valence-corrected chi connectivity index (χ2v) is 4.37. The van der Waals surface area contributed by atoms with E-state index in [-0.39, 0.29) is 17.9 Å². The van der Waals surface area contributed by atoms with Crippen LogP contribution in [0, 0.1) is 20.2 Å². The molecule has 0 aromatic heterocycles. The number of nitro benzene ring substituents is 2. The van der Waals surface area contributed by atoms with Gasteiger partial charge in [0.05, 0.1) is 22.0 Å². The highest BCUT2D eigenvalue weighted by Gasteiger charge is 2.20. The van der Waals surface area contributed by atoms with Gasteiger partial charge in [-0.05, 0) is 20.0 Å². The first-order chi connectivity index (χ1) is 8.81. The van der Waals surface area contributed by atoms with Crippen molar-refractivity contribution in [3.05, 3.63) is 44.0 Å². The summed E-state index contributed by atoms with van der Waals surface area (Å²) in [5.74, 6) is 0. The number of non-ortho nitro benzene ring substituents is 1. The molecule has 1 atom stereocenters. The zero-order valence-corrected chi connectivity index (χ0v) is 10.6. The maximum Gasteiger partial charge on any atom is 0.280 e. The van der Waals surface area contributed by atoms with Gasteiger partial charge in [-0.3, -0.25) is 25.1 Å². The molecule has 8 heteroatoms. The van der Waals surface area contributed by atoms with Gasteiger partial charge in [0, 0.05) is 24.7 Å². The van der Waals surface area contributed by atoms with Crippen LogP contribution in [0.3, 0.4) is 0 Å². The predicted octanol–water partition coefficient (Wildman–Crippen LogP) is 1.32. The van der Waals surface area contributed by atoms with Crippen LogP contribution in [0.25, 0.3) is 0 Å². The van der Waals surface area contributed by atoms with Crippen molar-refractivity contribution in [1.82, 2.24) is 4.90 Å². The van der Waals surface area contributed by atoms with Crippen molar-refractivity contribution in [3.8, 4) is 0 Å². The number of aliphatic hydroxyl groups is 1. The summed E-state index contributed by atoms with van der Waals surface area (Å²) in [6.45, 7) is 2.20. The van der Waals surface area contributed by atoms with Gasteiger partial charge in [-0.25, -0.2) is 0 Å². The number of aliphatic hydroxyl groups excluding tert-OH is 1. The highest BCUT2D eigenvalue weighted by Crippen LogP contribution is 2.25. The Balaban J connectivity index is 3.00. The Bertz CT molecular complexity index is 489. The quantitative estimate of drug-likeness (QED) is 0.616. The molecular weight excluding hydrogens is 254 g/mol. The van der Waals surface area contributed by atoms with Crippen LogP contribution >= 0.6 is 0 Å². The van der Waals surface area contributed by atoms with E-state index in [1.165, 1.54) is 12.1 Å². The summed E-state index contributed by atoms with van der Waals surface area (Å²) in [7, 11) is 1.71. The average molecular weight is 269 g/mol. The number of benzene rings is 1. The summed E-state index contributed by atoms with van der Waals surface area (Å²) in [4.78, 5) is 21.9. The van der Waals surface area contributed by atoms with E-state index >= 15 is 0 Å². The lowest BCUT2D eigenvalue weighted by Gasteiger charge is -2.18. The lowest BCUT2D eigenvalue weighted by molar-refractivity contribution is -0.394. The highest BCUT2D eigenvalue weighted by molar-refractivity contribution is 5.49. The summed E-state index contributed by atoms with van der Waals surface area (Å²) in [5.41, 5.74) is -0.223. The summed E-state index contributed by atoms with van der Waals surface area (Å²) < 4.78 is 0. The van der Waals surface area contributed by atoms with Gasteiger partial charge in [0.1, 0.15) is 0 Å². The minimum atomic E-state index is -0.670. The van der Waals surface area contributed by atoms with Crippen LogP contribution in [0.5, 0.6) is 0 Å². The maximum atomic E-state index is 10.9. The molecule has 8 nitrogen and oxygen atoms in total. The monoisotopic (exact) mass is 269 g/mol. The number of hydrogen-bond acceptors (Lipinski definition) is 6. The molecule has 0 radical (unpaired) electrons. The number of hydrogen-bond donors (Lipinski definition) is 1. The van der Waals surface area contributed by atoms with Crippen LogP contribution in [0.4, 0.5) is 11.4 Å². The van der Waals surface area contributed by atoms with Crippen LogP contribution in [-0.2, 0) is 6.54 Å².